The molecule has 1 aliphatic heterocycles. The largest absolute Gasteiger partial charge is 0.381 e. The smallest absolute Gasteiger partial charge is 0.240 e. The highest BCUT2D eigenvalue weighted by Gasteiger charge is 2.42. The molecule has 0 aromatic carbocycles. The van der Waals surface area contributed by atoms with E-state index in [1.807, 2.05) is 0 Å². The van der Waals surface area contributed by atoms with Crippen molar-refractivity contribution in [3.63, 3.8) is 0 Å². The molecular weight excluding hydrogens is 288 g/mol. The molecule has 4 nitrogen and oxygen atoms in total. The molecule has 3 fully saturated rings. The zero-order valence-corrected chi connectivity index (χ0v) is 14.6. The average molecular weight is 322 g/mol. The van der Waals surface area contributed by atoms with E-state index in [0.717, 1.165) is 12.5 Å². The lowest BCUT2D eigenvalue weighted by Crippen LogP contribution is -2.58. The standard InChI is InChI=1S/C19H34N2O2/c20-19(11-13-23-14-12-19)17(22)21-15-18(9-5-2-6-10-18)16-7-3-1-4-8-16/h16H,1-15,20H2,(H,21,22). The van der Waals surface area contributed by atoms with Gasteiger partial charge in [0.2, 0.25) is 5.91 Å². The lowest BCUT2D eigenvalue weighted by atomic mass is 9.61. The molecule has 3 aliphatic rings. The van der Waals surface area contributed by atoms with Gasteiger partial charge in [0.05, 0.1) is 5.54 Å². The minimum absolute atomic E-state index is 0.0570. The minimum atomic E-state index is -0.708. The van der Waals surface area contributed by atoms with Crippen molar-refractivity contribution >= 4 is 5.91 Å². The second kappa shape index (κ2) is 7.52. The summed E-state index contributed by atoms with van der Waals surface area (Å²) < 4.78 is 5.36. The summed E-state index contributed by atoms with van der Waals surface area (Å²) in [4.78, 5) is 12.7. The monoisotopic (exact) mass is 322 g/mol. The highest BCUT2D eigenvalue weighted by atomic mass is 16.5. The van der Waals surface area contributed by atoms with Gasteiger partial charge in [-0.1, -0.05) is 38.5 Å². The number of carbonyl (C=O) groups is 1. The summed E-state index contributed by atoms with van der Waals surface area (Å²) in [5, 5.41) is 3.28. The summed E-state index contributed by atoms with van der Waals surface area (Å²) in [6.45, 7) is 2.06. The molecule has 1 amide bonds. The fourth-order valence-corrected chi connectivity index (χ4v) is 5.10. The number of amides is 1. The summed E-state index contributed by atoms with van der Waals surface area (Å²) in [7, 11) is 0. The zero-order chi connectivity index (χ0) is 16.2. The molecule has 1 heterocycles. The second-order valence-corrected chi connectivity index (χ2v) is 8.21. The van der Waals surface area contributed by atoms with Gasteiger partial charge in [0.1, 0.15) is 0 Å². The van der Waals surface area contributed by atoms with Crippen molar-refractivity contribution in [1.82, 2.24) is 5.32 Å². The molecule has 0 aromatic rings. The molecular formula is C19H34N2O2. The molecule has 0 radical (unpaired) electrons. The van der Waals surface area contributed by atoms with Crippen LogP contribution in [0.15, 0.2) is 0 Å². The highest BCUT2D eigenvalue weighted by molar-refractivity contribution is 5.86. The van der Waals surface area contributed by atoms with Gasteiger partial charge in [0.15, 0.2) is 0 Å². The van der Waals surface area contributed by atoms with E-state index in [-0.39, 0.29) is 5.91 Å². The van der Waals surface area contributed by atoms with Crippen LogP contribution in [0, 0.1) is 11.3 Å². The van der Waals surface area contributed by atoms with Gasteiger partial charge in [0.25, 0.3) is 0 Å². The van der Waals surface area contributed by atoms with Gasteiger partial charge in [-0.25, -0.2) is 0 Å². The maximum atomic E-state index is 12.7. The van der Waals surface area contributed by atoms with Crippen molar-refractivity contribution in [2.45, 2.75) is 82.6 Å². The number of carbonyl (C=O) groups excluding carboxylic acids is 1. The number of rotatable bonds is 4. The van der Waals surface area contributed by atoms with Crippen LogP contribution in [0.1, 0.15) is 77.0 Å². The number of ether oxygens (including phenoxy) is 1. The van der Waals surface area contributed by atoms with E-state index < -0.39 is 5.54 Å². The van der Waals surface area contributed by atoms with Gasteiger partial charge in [0, 0.05) is 19.8 Å². The van der Waals surface area contributed by atoms with Gasteiger partial charge >= 0.3 is 0 Å². The van der Waals surface area contributed by atoms with Crippen molar-refractivity contribution in [3.05, 3.63) is 0 Å². The zero-order valence-electron chi connectivity index (χ0n) is 14.6. The maximum absolute atomic E-state index is 12.7. The van der Waals surface area contributed by atoms with Crippen molar-refractivity contribution in [3.8, 4) is 0 Å². The van der Waals surface area contributed by atoms with Gasteiger partial charge in [-0.05, 0) is 49.9 Å². The first-order valence-electron chi connectivity index (χ1n) is 9.80. The molecule has 0 aromatic heterocycles. The van der Waals surface area contributed by atoms with Gasteiger partial charge in [-0.3, -0.25) is 4.79 Å². The summed E-state index contributed by atoms with van der Waals surface area (Å²) in [5.41, 5.74) is 5.98. The van der Waals surface area contributed by atoms with E-state index in [2.05, 4.69) is 5.32 Å². The maximum Gasteiger partial charge on any atom is 0.240 e. The Kier molecular flexibility index (Phi) is 5.63. The first kappa shape index (κ1) is 17.2. The van der Waals surface area contributed by atoms with Crippen LogP contribution in [0.2, 0.25) is 0 Å². The van der Waals surface area contributed by atoms with Crippen LogP contribution < -0.4 is 11.1 Å². The van der Waals surface area contributed by atoms with Crippen LogP contribution in [0.3, 0.4) is 0 Å². The molecule has 0 spiro atoms. The summed E-state index contributed by atoms with van der Waals surface area (Å²) in [6.07, 6.45) is 14.8. The van der Waals surface area contributed by atoms with E-state index in [4.69, 9.17) is 10.5 Å². The fourth-order valence-electron chi connectivity index (χ4n) is 5.10. The Morgan fingerprint density at radius 3 is 2.22 bits per heavy atom. The van der Waals surface area contributed by atoms with Crippen LogP contribution >= 0.6 is 0 Å². The van der Waals surface area contributed by atoms with Crippen LogP contribution in [-0.4, -0.2) is 31.2 Å². The number of hydrogen-bond acceptors (Lipinski definition) is 3. The van der Waals surface area contributed by atoms with E-state index in [0.29, 0.717) is 31.5 Å². The molecule has 132 valence electrons. The highest BCUT2D eigenvalue weighted by Crippen LogP contribution is 2.48. The van der Waals surface area contributed by atoms with E-state index >= 15 is 0 Å². The molecule has 2 saturated carbocycles. The quantitative estimate of drug-likeness (QED) is 0.836. The molecule has 3 N–H and O–H groups in total. The van der Waals surface area contributed by atoms with Gasteiger partial charge < -0.3 is 15.8 Å². The third kappa shape index (κ3) is 3.90. The van der Waals surface area contributed by atoms with Crippen molar-refractivity contribution < 1.29 is 9.53 Å². The van der Waals surface area contributed by atoms with E-state index in [1.54, 1.807) is 0 Å². The Balaban J connectivity index is 1.63. The predicted octanol–water partition coefficient (Wildman–Crippen LogP) is 3.14. The molecule has 4 heteroatoms. The molecule has 0 bridgehead atoms. The van der Waals surface area contributed by atoms with Crippen LogP contribution in [0.5, 0.6) is 0 Å². The third-order valence-corrected chi connectivity index (χ3v) is 6.76. The summed E-state index contributed by atoms with van der Waals surface area (Å²) in [5.74, 6) is 0.863. The molecule has 2 aliphatic carbocycles. The van der Waals surface area contributed by atoms with Crippen molar-refractivity contribution in [2.75, 3.05) is 19.8 Å². The Hall–Kier alpha value is -0.610. The number of hydrogen-bond donors (Lipinski definition) is 2. The summed E-state index contributed by atoms with van der Waals surface area (Å²) in [6, 6.07) is 0. The first-order valence-corrected chi connectivity index (χ1v) is 9.80. The predicted molar refractivity (Wildman–Crippen MR) is 92.1 cm³/mol. The average Bonchev–Trinajstić information content (AvgIpc) is 2.62. The van der Waals surface area contributed by atoms with Crippen molar-refractivity contribution in [1.29, 1.82) is 0 Å². The topological polar surface area (TPSA) is 64.4 Å². The molecule has 23 heavy (non-hydrogen) atoms. The van der Waals surface area contributed by atoms with Crippen molar-refractivity contribution in [2.24, 2.45) is 17.1 Å². The lowest BCUT2D eigenvalue weighted by molar-refractivity contribution is -0.130. The van der Waals surface area contributed by atoms with E-state index in [1.165, 1.54) is 64.2 Å². The minimum Gasteiger partial charge on any atom is -0.381 e. The number of nitrogens with one attached hydrogen (secondary N) is 1. The summed E-state index contributed by atoms with van der Waals surface area (Å²) >= 11 is 0. The first-order chi connectivity index (χ1) is 11.1. The normalized spacial score (nSPS) is 28.2. The van der Waals surface area contributed by atoms with Gasteiger partial charge in [-0.2, -0.15) is 0 Å². The molecule has 1 saturated heterocycles. The van der Waals surface area contributed by atoms with Crippen LogP contribution in [0.25, 0.3) is 0 Å². The fraction of sp³-hybridized carbons (Fsp3) is 0.947. The lowest BCUT2D eigenvalue weighted by Gasteiger charge is -2.46. The number of nitrogens with two attached hydrogens (primary N) is 1. The SMILES string of the molecule is NC1(C(=O)NCC2(C3CCCCC3)CCCCC2)CCOCC1. The molecule has 0 unspecified atom stereocenters. The Morgan fingerprint density at radius 1 is 0.957 bits per heavy atom. The molecule has 0 atom stereocenters. The Labute approximate surface area is 140 Å². The third-order valence-electron chi connectivity index (χ3n) is 6.76. The second-order valence-electron chi connectivity index (χ2n) is 8.21. The van der Waals surface area contributed by atoms with Gasteiger partial charge in [-0.15, -0.1) is 0 Å². The van der Waals surface area contributed by atoms with E-state index in [9.17, 15) is 4.79 Å². The molecule has 3 rings (SSSR count). The Morgan fingerprint density at radius 2 is 1.57 bits per heavy atom. The van der Waals surface area contributed by atoms with Crippen LogP contribution in [0.4, 0.5) is 0 Å². The van der Waals surface area contributed by atoms with Crippen LogP contribution in [-0.2, 0) is 9.53 Å². The Bertz CT molecular complexity index is 392.